The molecule has 2 aromatic heterocycles. The molecular weight excluding hydrogens is 264 g/mol. The predicted octanol–water partition coefficient (Wildman–Crippen LogP) is 1.82. The molecule has 21 heavy (non-hydrogen) atoms. The Labute approximate surface area is 122 Å². The SMILES string of the molecule is c1ccc(N[C@@H]2CCN(c3nccn4cnnc34)C2)cc1. The van der Waals surface area contributed by atoms with Gasteiger partial charge in [-0.25, -0.2) is 4.98 Å². The van der Waals surface area contributed by atoms with Crippen molar-refractivity contribution in [2.75, 3.05) is 23.3 Å². The molecule has 0 aliphatic carbocycles. The molecule has 6 nitrogen and oxygen atoms in total. The number of anilines is 2. The number of rotatable bonds is 3. The maximum Gasteiger partial charge on any atom is 0.203 e. The van der Waals surface area contributed by atoms with Crippen LogP contribution in [0, 0.1) is 0 Å². The molecule has 106 valence electrons. The molecule has 0 amide bonds. The first-order valence-corrected chi connectivity index (χ1v) is 7.11. The van der Waals surface area contributed by atoms with Crippen molar-refractivity contribution in [2.24, 2.45) is 0 Å². The van der Waals surface area contributed by atoms with E-state index in [1.54, 1.807) is 12.5 Å². The highest BCUT2D eigenvalue weighted by atomic mass is 15.3. The van der Waals surface area contributed by atoms with E-state index in [1.165, 1.54) is 0 Å². The normalized spacial score (nSPS) is 18.3. The van der Waals surface area contributed by atoms with Crippen LogP contribution in [-0.4, -0.2) is 38.7 Å². The average Bonchev–Trinajstić information content (AvgIpc) is 3.16. The topological polar surface area (TPSA) is 58.4 Å². The van der Waals surface area contributed by atoms with Gasteiger partial charge in [0.2, 0.25) is 5.65 Å². The lowest BCUT2D eigenvalue weighted by atomic mass is 10.2. The van der Waals surface area contributed by atoms with Crippen LogP contribution in [0.25, 0.3) is 5.65 Å². The molecule has 0 radical (unpaired) electrons. The number of fused-ring (bicyclic) bond motifs is 1. The summed E-state index contributed by atoms with van der Waals surface area (Å²) >= 11 is 0. The second-order valence-corrected chi connectivity index (χ2v) is 5.25. The summed E-state index contributed by atoms with van der Waals surface area (Å²) in [6.07, 6.45) is 6.46. The van der Waals surface area contributed by atoms with E-state index in [-0.39, 0.29) is 0 Å². The molecule has 1 aliphatic rings. The van der Waals surface area contributed by atoms with E-state index < -0.39 is 0 Å². The summed E-state index contributed by atoms with van der Waals surface area (Å²) in [5.74, 6) is 0.910. The van der Waals surface area contributed by atoms with Crippen molar-refractivity contribution >= 4 is 17.2 Å². The molecule has 1 N–H and O–H groups in total. The first-order chi connectivity index (χ1) is 10.4. The van der Waals surface area contributed by atoms with Crippen LogP contribution in [0.15, 0.2) is 49.1 Å². The lowest BCUT2D eigenvalue weighted by Gasteiger charge is -2.18. The molecule has 1 atom stereocenters. The highest BCUT2D eigenvalue weighted by Gasteiger charge is 2.25. The van der Waals surface area contributed by atoms with Gasteiger partial charge in [-0.15, -0.1) is 10.2 Å². The van der Waals surface area contributed by atoms with E-state index in [1.807, 2.05) is 28.8 Å². The summed E-state index contributed by atoms with van der Waals surface area (Å²) in [6, 6.07) is 10.8. The van der Waals surface area contributed by atoms with Gasteiger partial charge < -0.3 is 10.2 Å². The molecule has 6 heteroatoms. The van der Waals surface area contributed by atoms with Gasteiger partial charge in [-0.05, 0) is 18.6 Å². The molecule has 0 bridgehead atoms. The monoisotopic (exact) mass is 280 g/mol. The number of benzene rings is 1. The second kappa shape index (κ2) is 5.05. The highest BCUT2D eigenvalue weighted by Crippen LogP contribution is 2.23. The third-order valence-electron chi connectivity index (χ3n) is 3.83. The van der Waals surface area contributed by atoms with Crippen LogP contribution in [0.1, 0.15) is 6.42 Å². The van der Waals surface area contributed by atoms with E-state index >= 15 is 0 Å². The minimum atomic E-state index is 0.428. The van der Waals surface area contributed by atoms with Crippen molar-refractivity contribution in [3.05, 3.63) is 49.1 Å². The maximum atomic E-state index is 4.48. The minimum Gasteiger partial charge on any atom is -0.380 e. The molecule has 0 unspecified atom stereocenters. The van der Waals surface area contributed by atoms with Crippen LogP contribution >= 0.6 is 0 Å². The summed E-state index contributed by atoms with van der Waals surface area (Å²) in [5, 5.41) is 11.7. The van der Waals surface area contributed by atoms with Crippen molar-refractivity contribution in [2.45, 2.75) is 12.5 Å². The molecule has 1 aromatic carbocycles. The van der Waals surface area contributed by atoms with Gasteiger partial charge >= 0.3 is 0 Å². The van der Waals surface area contributed by atoms with Crippen molar-refractivity contribution in [1.82, 2.24) is 19.6 Å². The van der Waals surface area contributed by atoms with Crippen LogP contribution in [0.5, 0.6) is 0 Å². The quantitative estimate of drug-likeness (QED) is 0.793. The summed E-state index contributed by atoms with van der Waals surface area (Å²) in [4.78, 5) is 6.75. The third kappa shape index (κ3) is 2.29. The lowest BCUT2D eigenvalue weighted by molar-refractivity contribution is 0.806. The van der Waals surface area contributed by atoms with Crippen LogP contribution in [0.3, 0.4) is 0 Å². The molecule has 1 fully saturated rings. The van der Waals surface area contributed by atoms with E-state index in [0.29, 0.717) is 6.04 Å². The van der Waals surface area contributed by atoms with E-state index in [2.05, 4.69) is 37.5 Å². The Kier molecular flexibility index (Phi) is 2.92. The number of para-hydroxylation sites is 1. The van der Waals surface area contributed by atoms with Gasteiger partial charge in [0.05, 0.1) is 0 Å². The molecule has 3 heterocycles. The Morgan fingerprint density at radius 3 is 3.00 bits per heavy atom. The van der Waals surface area contributed by atoms with Gasteiger partial charge in [0, 0.05) is 37.2 Å². The minimum absolute atomic E-state index is 0.428. The maximum absolute atomic E-state index is 4.48. The zero-order valence-electron chi connectivity index (χ0n) is 11.6. The number of aromatic nitrogens is 4. The summed E-state index contributed by atoms with van der Waals surface area (Å²) in [7, 11) is 0. The Morgan fingerprint density at radius 1 is 1.19 bits per heavy atom. The standard InChI is InChI=1S/C15H16N6/c1-2-4-12(5-3-1)18-13-6-8-20(10-13)14-15-19-17-11-21(15)9-7-16-14/h1-5,7,9,11,13,18H,6,8,10H2/t13-/m1/s1. The van der Waals surface area contributed by atoms with E-state index in [9.17, 15) is 0 Å². The summed E-state index contributed by atoms with van der Waals surface area (Å²) in [6.45, 7) is 1.90. The van der Waals surface area contributed by atoms with Gasteiger partial charge in [0.25, 0.3) is 0 Å². The number of nitrogens with zero attached hydrogens (tertiary/aromatic N) is 5. The van der Waals surface area contributed by atoms with Crippen molar-refractivity contribution < 1.29 is 0 Å². The molecule has 1 saturated heterocycles. The van der Waals surface area contributed by atoms with Gasteiger partial charge in [0.1, 0.15) is 6.33 Å². The Morgan fingerprint density at radius 2 is 2.10 bits per heavy atom. The van der Waals surface area contributed by atoms with Crippen molar-refractivity contribution in [3.63, 3.8) is 0 Å². The fourth-order valence-corrected chi connectivity index (χ4v) is 2.81. The fourth-order valence-electron chi connectivity index (χ4n) is 2.81. The van der Waals surface area contributed by atoms with Gasteiger partial charge in [-0.3, -0.25) is 4.40 Å². The Bertz CT molecular complexity index is 738. The van der Waals surface area contributed by atoms with Gasteiger partial charge in [-0.1, -0.05) is 18.2 Å². The summed E-state index contributed by atoms with van der Waals surface area (Å²) < 4.78 is 1.90. The van der Waals surface area contributed by atoms with Crippen LogP contribution in [0.2, 0.25) is 0 Å². The average molecular weight is 280 g/mol. The van der Waals surface area contributed by atoms with Crippen LogP contribution < -0.4 is 10.2 Å². The molecule has 0 saturated carbocycles. The second-order valence-electron chi connectivity index (χ2n) is 5.25. The van der Waals surface area contributed by atoms with Crippen LogP contribution in [0.4, 0.5) is 11.5 Å². The zero-order chi connectivity index (χ0) is 14.1. The number of hydrogen-bond donors (Lipinski definition) is 1. The smallest absolute Gasteiger partial charge is 0.203 e. The first kappa shape index (κ1) is 12.1. The molecule has 1 aliphatic heterocycles. The third-order valence-corrected chi connectivity index (χ3v) is 3.83. The molecule has 3 aromatic rings. The number of nitrogens with one attached hydrogen (secondary N) is 1. The Balaban J connectivity index is 1.52. The lowest BCUT2D eigenvalue weighted by Crippen LogP contribution is -2.27. The van der Waals surface area contributed by atoms with Crippen molar-refractivity contribution in [3.8, 4) is 0 Å². The first-order valence-electron chi connectivity index (χ1n) is 7.11. The predicted molar refractivity (Wildman–Crippen MR) is 81.5 cm³/mol. The fraction of sp³-hybridized carbons (Fsp3) is 0.267. The Hall–Kier alpha value is -2.63. The van der Waals surface area contributed by atoms with E-state index in [0.717, 1.165) is 36.7 Å². The van der Waals surface area contributed by atoms with E-state index in [4.69, 9.17) is 0 Å². The molecular formula is C15H16N6. The van der Waals surface area contributed by atoms with Crippen LogP contribution in [-0.2, 0) is 0 Å². The zero-order valence-corrected chi connectivity index (χ0v) is 11.6. The summed E-state index contributed by atoms with van der Waals surface area (Å²) in [5.41, 5.74) is 1.98. The number of hydrogen-bond acceptors (Lipinski definition) is 5. The highest BCUT2D eigenvalue weighted by molar-refractivity contribution is 5.64. The van der Waals surface area contributed by atoms with Crippen molar-refractivity contribution in [1.29, 1.82) is 0 Å². The molecule has 0 spiro atoms. The van der Waals surface area contributed by atoms with Gasteiger partial charge in [-0.2, -0.15) is 0 Å². The largest absolute Gasteiger partial charge is 0.380 e. The molecule has 4 rings (SSSR count). The van der Waals surface area contributed by atoms with Gasteiger partial charge in [0.15, 0.2) is 5.82 Å².